The highest BCUT2D eigenvalue weighted by Gasteiger charge is 2.25. The zero-order valence-electron chi connectivity index (χ0n) is 11.1. The van der Waals surface area contributed by atoms with Crippen molar-refractivity contribution in [3.05, 3.63) is 23.8 Å². The predicted octanol–water partition coefficient (Wildman–Crippen LogP) is 1.03. The molecule has 2 rings (SSSR count). The smallest absolute Gasteiger partial charge is 0.229 e. The summed E-state index contributed by atoms with van der Waals surface area (Å²) in [5.74, 6) is 0.0169. The number of benzene rings is 1. The first kappa shape index (κ1) is 13.9. The highest BCUT2D eigenvalue weighted by atomic mass is 16.5. The quantitative estimate of drug-likeness (QED) is 0.860. The minimum Gasteiger partial charge on any atom is -0.495 e. The van der Waals surface area contributed by atoms with E-state index in [1.165, 1.54) is 7.11 Å². The normalized spacial score (nSPS) is 17.8. The van der Waals surface area contributed by atoms with E-state index in [0.29, 0.717) is 36.4 Å². The number of carbonyl (C=O) groups is 2. The van der Waals surface area contributed by atoms with Crippen molar-refractivity contribution in [3.63, 3.8) is 0 Å². The molecule has 0 aromatic heterocycles. The molecule has 0 saturated carbocycles. The Morgan fingerprint density at radius 2 is 2.35 bits per heavy atom. The molecular formula is C14H15N3O3. The van der Waals surface area contributed by atoms with Gasteiger partial charge in [-0.2, -0.15) is 5.26 Å². The Balaban J connectivity index is 2.08. The lowest BCUT2D eigenvalue weighted by Gasteiger charge is -2.22. The predicted molar refractivity (Wildman–Crippen MR) is 72.1 cm³/mol. The standard InChI is InChI=1S/C14H15N3O3/c1-20-12-6-9(7-15)2-4-11(12)17-14(19)10-3-5-13(18)16-8-10/h2,4,6,10H,3,5,8H2,1H3,(H,16,18)(H,17,19). The van der Waals surface area contributed by atoms with Crippen LogP contribution in [-0.4, -0.2) is 25.5 Å². The largest absolute Gasteiger partial charge is 0.495 e. The number of nitrogens with one attached hydrogen (secondary N) is 2. The van der Waals surface area contributed by atoms with Crippen LogP contribution in [0.2, 0.25) is 0 Å². The van der Waals surface area contributed by atoms with Gasteiger partial charge in [0.1, 0.15) is 5.75 Å². The molecule has 6 nitrogen and oxygen atoms in total. The number of rotatable bonds is 3. The molecule has 1 unspecified atom stereocenters. The van der Waals surface area contributed by atoms with E-state index in [2.05, 4.69) is 10.6 Å². The van der Waals surface area contributed by atoms with Gasteiger partial charge in [0.05, 0.1) is 30.3 Å². The van der Waals surface area contributed by atoms with E-state index < -0.39 is 0 Å². The number of anilines is 1. The highest BCUT2D eigenvalue weighted by molar-refractivity contribution is 5.95. The molecule has 1 aliphatic rings. The number of methoxy groups -OCH3 is 1. The number of nitrogens with zero attached hydrogens (tertiary/aromatic N) is 1. The lowest BCUT2D eigenvalue weighted by molar-refractivity contribution is -0.126. The molecule has 6 heteroatoms. The number of amides is 2. The van der Waals surface area contributed by atoms with Crippen LogP contribution >= 0.6 is 0 Å². The van der Waals surface area contributed by atoms with Crippen LogP contribution in [-0.2, 0) is 9.59 Å². The van der Waals surface area contributed by atoms with Gasteiger partial charge in [0.25, 0.3) is 0 Å². The maximum Gasteiger partial charge on any atom is 0.229 e. The molecule has 1 aromatic rings. The van der Waals surface area contributed by atoms with Crippen molar-refractivity contribution in [2.75, 3.05) is 19.0 Å². The zero-order chi connectivity index (χ0) is 14.5. The lowest BCUT2D eigenvalue weighted by Crippen LogP contribution is -2.40. The molecule has 1 aliphatic heterocycles. The number of piperidine rings is 1. The third kappa shape index (κ3) is 3.06. The molecule has 1 aromatic carbocycles. The summed E-state index contributed by atoms with van der Waals surface area (Å²) in [5, 5.41) is 14.3. The van der Waals surface area contributed by atoms with E-state index in [4.69, 9.17) is 10.00 Å². The SMILES string of the molecule is COc1cc(C#N)ccc1NC(=O)C1CCC(=O)NC1. The first-order valence-corrected chi connectivity index (χ1v) is 6.29. The summed E-state index contributed by atoms with van der Waals surface area (Å²) < 4.78 is 5.16. The minimum absolute atomic E-state index is 0.0231. The second-order valence-electron chi connectivity index (χ2n) is 4.56. The van der Waals surface area contributed by atoms with Gasteiger partial charge in [-0.25, -0.2) is 0 Å². The first-order valence-electron chi connectivity index (χ1n) is 6.29. The molecule has 1 saturated heterocycles. The van der Waals surface area contributed by atoms with Gasteiger partial charge in [0.2, 0.25) is 11.8 Å². The van der Waals surface area contributed by atoms with Gasteiger partial charge in [0, 0.05) is 19.0 Å². The van der Waals surface area contributed by atoms with E-state index in [1.54, 1.807) is 18.2 Å². The van der Waals surface area contributed by atoms with Crippen LogP contribution in [0.4, 0.5) is 5.69 Å². The van der Waals surface area contributed by atoms with Gasteiger partial charge in [-0.3, -0.25) is 9.59 Å². The molecule has 2 N–H and O–H groups in total. The van der Waals surface area contributed by atoms with E-state index in [1.807, 2.05) is 6.07 Å². The van der Waals surface area contributed by atoms with Crippen LogP contribution in [0.3, 0.4) is 0 Å². The van der Waals surface area contributed by atoms with Gasteiger partial charge in [-0.15, -0.1) is 0 Å². The number of hydrogen-bond donors (Lipinski definition) is 2. The Bertz CT molecular complexity index is 568. The molecular weight excluding hydrogens is 258 g/mol. The third-order valence-electron chi connectivity index (χ3n) is 3.22. The summed E-state index contributed by atoms with van der Waals surface area (Å²) in [5.41, 5.74) is 0.984. The van der Waals surface area contributed by atoms with Crippen LogP contribution in [0.5, 0.6) is 5.75 Å². The Labute approximate surface area is 116 Å². The summed E-state index contributed by atoms with van der Waals surface area (Å²) in [7, 11) is 1.48. The van der Waals surface area contributed by atoms with Crippen LogP contribution in [0.1, 0.15) is 18.4 Å². The molecule has 2 amide bonds. The van der Waals surface area contributed by atoms with Crippen LogP contribution in [0.25, 0.3) is 0 Å². The number of hydrogen-bond acceptors (Lipinski definition) is 4. The Morgan fingerprint density at radius 1 is 1.55 bits per heavy atom. The van der Waals surface area contributed by atoms with Crippen molar-refractivity contribution < 1.29 is 14.3 Å². The van der Waals surface area contributed by atoms with Crippen molar-refractivity contribution in [1.29, 1.82) is 5.26 Å². The molecule has 20 heavy (non-hydrogen) atoms. The molecule has 0 radical (unpaired) electrons. The Hall–Kier alpha value is -2.55. The number of carbonyl (C=O) groups excluding carboxylic acids is 2. The fourth-order valence-electron chi connectivity index (χ4n) is 2.06. The summed E-state index contributed by atoms with van der Waals surface area (Å²) >= 11 is 0. The highest BCUT2D eigenvalue weighted by Crippen LogP contribution is 2.26. The maximum atomic E-state index is 12.1. The van der Waals surface area contributed by atoms with Crippen LogP contribution in [0, 0.1) is 17.2 Å². The molecule has 1 heterocycles. The molecule has 1 fully saturated rings. The van der Waals surface area contributed by atoms with Crippen LogP contribution in [0.15, 0.2) is 18.2 Å². The monoisotopic (exact) mass is 273 g/mol. The summed E-state index contributed by atoms with van der Waals surface area (Å²) in [4.78, 5) is 23.2. The number of nitriles is 1. The van der Waals surface area contributed by atoms with Gasteiger partial charge in [-0.05, 0) is 18.6 Å². The topological polar surface area (TPSA) is 91.2 Å². The summed E-state index contributed by atoms with van der Waals surface area (Å²) in [6.45, 7) is 0.350. The van der Waals surface area contributed by atoms with Gasteiger partial charge in [0.15, 0.2) is 0 Å². The molecule has 0 bridgehead atoms. The summed E-state index contributed by atoms with van der Waals surface area (Å²) in [6, 6.07) is 6.83. The van der Waals surface area contributed by atoms with Crippen molar-refractivity contribution in [3.8, 4) is 11.8 Å². The third-order valence-corrected chi connectivity index (χ3v) is 3.22. The average Bonchev–Trinajstić information content (AvgIpc) is 2.48. The second kappa shape index (κ2) is 6.06. The molecule has 104 valence electrons. The van der Waals surface area contributed by atoms with Crippen molar-refractivity contribution in [2.45, 2.75) is 12.8 Å². The lowest BCUT2D eigenvalue weighted by atomic mass is 9.98. The Morgan fingerprint density at radius 3 is 2.95 bits per heavy atom. The summed E-state index contributed by atoms with van der Waals surface area (Å²) in [6.07, 6.45) is 0.902. The fourth-order valence-corrected chi connectivity index (χ4v) is 2.06. The molecule has 0 aliphatic carbocycles. The van der Waals surface area contributed by atoms with Crippen LogP contribution < -0.4 is 15.4 Å². The van der Waals surface area contributed by atoms with E-state index in [-0.39, 0.29) is 17.7 Å². The maximum absolute atomic E-state index is 12.1. The second-order valence-corrected chi connectivity index (χ2v) is 4.56. The van der Waals surface area contributed by atoms with Crippen molar-refractivity contribution >= 4 is 17.5 Å². The Kier molecular flexibility index (Phi) is 4.20. The van der Waals surface area contributed by atoms with E-state index in [9.17, 15) is 9.59 Å². The van der Waals surface area contributed by atoms with Gasteiger partial charge >= 0.3 is 0 Å². The van der Waals surface area contributed by atoms with Crippen molar-refractivity contribution in [2.24, 2.45) is 5.92 Å². The fraction of sp³-hybridized carbons (Fsp3) is 0.357. The van der Waals surface area contributed by atoms with E-state index in [0.717, 1.165) is 0 Å². The van der Waals surface area contributed by atoms with Crippen molar-refractivity contribution in [1.82, 2.24) is 5.32 Å². The van der Waals surface area contributed by atoms with Gasteiger partial charge in [-0.1, -0.05) is 0 Å². The van der Waals surface area contributed by atoms with E-state index >= 15 is 0 Å². The number of ether oxygens (including phenoxy) is 1. The average molecular weight is 273 g/mol. The minimum atomic E-state index is -0.243. The zero-order valence-corrected chi connectivity index (χ0v) is 11.1. The molecule has 1 atom stereocenters. The van der Waals surface area contributed by atoms with Gasteiger partial charge < -0.3 is 15.4 Å². The molecule has 0 spiro atoms. The first-order chi connectivity index (χ1) is 9.63.